The van der Waals surface area contributed by atoms with Crippen LogP contribution >= 0.6 is 15.9 Å². The first-order chi connectivity index (χ1) is 8.41. The van der Waals surface area contributed by atoms with Crippen LogP contribution in [0, 0.1) is 10.1 Å². The highest BCUT2D eigenvalue weighted by Gasteiger charge is 2.13. The van der Waals surface area contributed by atoms with E-state index >= 15 is 0 Å². The second-order valence-corrected chi connectivity index (χ2v) is 4.74. The Morgan fingerprint density at radius 2 is 2.06 bits per heavy atom. The van der Waals surface area contributed by atoms with Crippen molar-refractivity contribution in [2.75, 3.05) is 0 Å². The first-order valence-electron chi connectivity index (χ1n) is 4.90. The van der Waals surface area contributed by atoms with Crippen LogP contribution in [0.25, 0.3) is 0 Å². The monoisotopic (exact) mass is 315 g/mol. The number of hydrogen-bond donors (Lipinski definition) is 2. The van der Waals surface area contributed by atoms with Crippen LogP contribution in [0.1, 0.15) is 17.3 Å². The summed E-state index contributed by atoms with van der Waals surface area (Å²) in [7, 11) is 0. The second-order valence-electron chi connectivity index (χ2n) is 3.37. The number of alkyl halides is 1. The maximum atomic E-state index is 11.6. The first-order valence-corrected chi connectivity index (χ1v) is 5.82. The van der Waals surface area contributed by atoms with Crippen molar-refractivity contribution in [3.05, 3.63) is 39.9 Å². The van der Waals surface area contributed by atoms with Crippen molar-refractivity contribution >= 4 is 33.4 Å². The molecule has 0 radical (unpaired) electrons. The molecule has 1 rings (SSSR count). The Balaban J connectivity index is 2.70. The smallest absolute Gasteiger partial charge is 0.270 e. The maximum Gasteiger partial charge on any atom is 0.270 e. The van der Waals surface area contributed by atoms with E-state index in [0.717, 1.165) is 6.07 Å². The number of carbonyl (C=O) groups is 2. The molecule has 0 aliphatic carbocycles. The van der Waals surface area contributed by atoms with Crippen molar-refractivity contribution in [3.8, 4) is 0 Å². The number of nitro benzene ring substituents is 1. The number of halogens is 1. The Labute approximate surface area is 111 Å². The van der Waals surface area contributed by atoms with E-state index in [-0.39, 0.29) is 11.3 Å². The summed E-state index contributed by atoms with van der Waals surface area (Å²) in [5.74, 6) is -1.05. The van der Waals surface area contributed by atoms with Crippen molar-refractivity contribution < 1.29 is 14.5 Å². The molecule has 0 aliphatic rings. The van der Waals surface area contributed by atoms with Gasteiger partial charge in [-0.25, -0.2) is 0 Å². The molecule has 0 unspecified atom stereocenters. The van der Waals surface area contributed by atoms with Gasteiger partial charge < -0.3 is 0 Å². The molecule has 2 amide bonds. The molecule has 1 atom stereocenters. The highest BCUT2D eigenvalue weighted by molar-refractivity contribution is 9.10. The zero-order chi connectivity index (χ0) is 13.7. The molecule has 2 N–H and O–H groups in total. The summed E-state index contributed by atoms with van der Waals surface area (Å²) in [5, 5.41) is 10.5. The number of non-ortho nitro benzene ring substituents is 1. The standard InChI is InChI=1S/C10H10BrN3O4/c1-6(11)9(15)12-13-10(16)7-3-2-4-8(5-7)14(17)18/h2-6H,1H3,(H,12,15)(H,13,16)/t6-/m1/s1. The molecule has 0 aliphatic heterocycles. The number of nitrogens with zero attached hydrogens (tertiary/aromatic N) is 1. The zero-order valence-electron chi connectivity index (χ0n) is 9.34. The average Bonchev–Trinajstić information content (AvgIpc) is 2.35. The van der Waals surface area contributed by atoms with E-state index in [1.807, 2.05) is 0 Å². The van der Waals surface area contributed by atoms with Gasteiger partial charge >= 0.3 is 0 Å². The molecule has 0 bridgehead atoms. The normalized spacial score (nSPS) is 11.4. The van der Waals surface area contributed by atoms with Gasteiger partial charge in [0, 0.05) is 17.7 Å². The molecule has 96 valence electrons. The van der Waals surface area contributed by atoms with E-state index in [1.54, 1.807) is 6.92 Å². The highest BCUT2D eigenvalue weighted by Crippen LogP contribution is 2.12. The van der Waals surface area contributed by atoms with Gasteiger partial charge in [0.2, 0.25) is 0 Å². The summed E-state index contributed by atoms with van der Waals surface area (Å²) in [6, 6.07) is 5.20. The van der Waals surface area contributed by atoms with Gasteiger partial charge in [-0.1, -0.05) is 22.0 Å². The van der Waals surface area contributed by atoms with E-state index in [2.05, 4.69) is 26.8 Å². The molecule has 0 heterocycles. The lowest BCUT2D eigenvalue weighted by atomic mass is 10.2. The number of amides is 2. The van der Waals surface area contributed by atoms with Crippen LogP contribution in [0.3, 0.4) is 0 Å². The summed E-state index contributed by atoms with van der Waals surface area (Å²) < 4.78 is 0. The fourth-order valence-corrected chi connectivity index (χ4v) is 1.17. The van der Waals surface area contributed by atoms with Gasteiger partial charge in [-0.2, -0.15) is 0 Å². The molecule has 0 aromatic heterocycles. The number of nitro groups is 1. The van der Waals surface area contributed by atoms with Crippen molar-refractivity contribution in [1.82, 2.24) is 10.9 Å². The number of hydrazine groups is 1. The third-order valence-corrected chi connectivity index (χ3v) is 2.40. The summed E-state index contributed by atoms with van der Waals surface area (Å²) in [6.07, 6.45) is 0. The number of nitrogens with one attached hydrogen (secondary N) is 2. The summed E-state index contributed by atoms with van der Waals surface area (Å²) in [4.78, 5) is 32.2. The Kier molecular flexibility index (Phi) is 4.78. The lowest BCUT2D eigenvalue weighted by Crippen LogP contribution is -2.44. The zero-order valence-corrected chi connectivity index (χ0v) is 10.9. The number of hydrogen-bond acceptors (Lipinski definition) is 4. The van der Waals surface area contributed by atoms with Gasteiger partial charge in [0.1, 0.15) is 0 Å². The predicted molar refractivity (Wildman–Crippen MR) is 67.1 cm³/mol. The molecular weight excluding hydrogens is 306 g/mol. The molecule has 1 aromatic rings. The van der Waals surface area contributed by atoms with Crippen LogP contribution in [-0.4, -0.2) is 21.6 Å². The highest BCUT2D eigenvalue weighted by atomic mass is 79.9. The van der Waals surface area contributed by atoms with Crippen LogP contribution in [0.15, 0.2) is 24.3 Å². The van der Waals surface area contributed by atoms with Gasteiger partial charge in [-0.15, -0.1) is 0 Å². The van der Waals surface area contributed by atoms with E-state index in [1.165, 1.54) is 18.2 Å². The van der Waals surface area contributed by atoms with Crippen LogP contribution < -0.4 is 10.9 Å². The van der Waals surface area contributed by atoms with Crippen LogP contribution in [0.2, 0.25) is 0 Å². The molecule has 0 saturated carbocycles. The molecular formula is C10H10BrN3O4. The molecule has 7 nitrogen and oxygen atoms in total. The fourth-order valence-electron chi connectivity index (χ4n) is 1.05. The van der Waals surface area contributed by atoms with Gasteiger partial charge in [-0.3, -0.25) is 30.6 Å². The third kappa shape index (κ3) is 3.81. The minimum absolute atomic E-state index is 0.0896. The number of carbonyl (C=O) groups excluding carboxylic acids is 2. The molecule has 8 heteroatoms. The van der Waals surface area contributed by atoms with Crippen molar-refractivity contribution in [1.29, 1.82) is 0 Å². The third-order valence-electron chi connectivity index (χ3n) is 1.98. The summed E-state index contributed by atoms with van der Waals surface area (Å²) in [5.41, 5.74) is 4.23. The van der Waals surface area contributed by atoms with Crippen molar-refractivity contribution in [2.24, 2.45) is 0 Å². The SMILES string of the molecule is C[C@@H](Br)C(=O)NNC(=O)c1cccc([N+](=O)[O-])c1. The van der Waals surface area contributed by atoms with E-state index < -0.39 is 21.6 Å². The largest absolute Gasteiger partial charge is 0.272 e. The quantitative estimate of drug-likeness (QED) is 0.496. The van der Waals surface area contributed by atoms with Crippen molar-refractivity contribution in [3.63, 3.8) is 0 Å². The van der Waals surface area contributed by atoms with Crippen LogP contribution in [-0.2, 0) is 4.79 Å². The number of benzene rings is 1. The topological polar surface area (TPSA) is 101 Å². The molecule has 0 spiro atoms. The lowest BCUT2D eigenvalue weighted by molar-refractivity contribution is -0.384. The van der Waals surface area contributed by atoms with Crippen molar-refractivity contribution in [2.45, 2.75) is 11.8 Å². The Morgan fingerprint density at radius 1 is 1.39 bits per heavy atom. The molecule has 0 fully saturated rings. The van der Waals surface area contributed by atoms with E-state index in [0.29, 0.717) is 0 Å². The van der Waals surface area contributed by atoms with Gasteiger partial charge in [0.05, 0.1) is 9.75 Å². The second kappa shape index (κ2) is 6.10. The van der Waals surface area contributed by atoms with Crippen LogP contribution in [0.5, 0.6) is 0 Å². The van der Waals surface area contributed by atoms with Gasteiger partial charge in [0.25, 0.3) is 17.5 Å². The Hall–Kier alpha value is -1.96. The maximum absolute atomic E-state index is 11.6. The van der Waals surface area contributed by atoms with E-state index in [9.17, 15) is 19.7 Å². The fraction of sp³-hybridized carbons (Fsp3) is 0.200. The lowest BCUT2D eigenvalue weighted by Gasteiger charge is -2.08. The minimum Gasteiger partial charge on any atom is -0.272 e. The number of rotatable bonds is 3. The van der Waals surface area contributed by atoms with E-state index in [4.69, 9.17) is 0 Å². The average molecular weight is 316 g/mol. The first kappa shape index (κ1) is 14.1. The summed E-state index contributed by atoms with van der Waals surface area (Å²) in [6.45, 7) is 1.59. The Bertz CT molecular complexity index is 490. The van der Waals surface area contributed by atoms with Gasteiger partial charge in [0.15, 0.2) is 0 Å². The van der Waals surface area contributed by atoms with Crippen LogP contribution in [0.4, 0.5) is 5.69 Å². The molecule has 0 saturated heterocycles. The molecule has 18 heavy (non-hydrogen) atoms. The minimum atomic E-state index is -0.625. The molecule has 1 aromatic carbocycles. The predicted octanol–water partition coefficient (Wildman–Crippen LogP) is 1.14. The van der Waals surface area contributed by atoms with Gasteiger partial charge in [-0.05, 0) is 13.0 Å². The summed E-state index contributed by atoms with van der Waals surface area (Å²) >= 11 is 3.02. The Morgan fingerprint density at radius 3 is 2.61 bits per heavy atom.